The van der Waals surface area contributed by atoms with Crippen LogP contribution in [0.4, 0.5) is 0 Å². The molecule has 0 saturated carbocycles. The maximum atomic E-state index is 8.26. The van der Waals surface area contributed by atoms with Gasteiger partial charge in [-0.15, -0.1) is 0 Å². The Bertz CT molecular complexity index is 314. The zero-order valence-electron chi connectivity index (χ0n) is 17.0. The fraction of sp³-hybridized carbons (Fsp3) is 0.778. The predicted molar refractivity (Wildman–Crippen MR) is 99.6 cm³/mol. The summed E-state index contributed by atoms with van der Waals surface area (Å²) in [6.07, 6.45) is 2.81. The maximum absolute atomic E-state index is 8.26. The van der Waals surface area contributed by atoms with Gasteiger partial charge in [0.05, 0.1) is 66.1 Å². The first kappa shape index (κ1) is 27.5. The van der Waals surface area contributed by atoms with Crippen LogP contribution >= 0.6 is 0 Å². The van der Waals surface area contributed by atoms with Crippen molar-refractivity contribution < 1.29 is 43.4 Å². The molecule has 162 valence electrons. The molecule has 0 aromatic heterocycles. The Morgan fingerprint density at radius 2 is 1.04 bits per heavy atom. The van der Waals surface area contributed by atoms with E-state index >= 15 is 0 Å². The van der Waals surface area contributed by atoms with Gasteiger partial charge in [-0.3, -0.25) is 0 Å². The third-order valence-electron chi connectivity index (χ3n) is 2.31. The van der Waals surface area contributed by atoms with E-state index in [9.17, 15) is 0 Å². The van der Waals surface area contributed by atoms with Crippen LogP contribution in [0.25, 0.3) is 0 Å². The quantitative estimate of drug-likeness (QED) is 0.281. The summed E-state index contributed by atoms with van der Waals surface area (Å²) in [6, 6.07) is 0. The van der Waals surface area contributed by atoms with Crippen LogP contribution in [-0.4, -0.2) is 76.3 Å². The molecule has 0 aliphatic heterocycles. The van der Waals surface area contributed by atoms with E-state index in [-0.39, 0.29) is 25.1 Å². The van der Waals surface area contributed by atoms with Crippen molar-refractivity contribution in [1.82, 2.24) is 0 Å². The molecule has 0 unspecified atom stereocenters. The van der Waals surface area contributed by atoms with Gasteiger partial charge in [-0.05, 0) is 27.7 Å². The Morgan fingerprint density at radius 3 is 1.33 bits per heavy atom. The molecule has 0 atom stereocenters. The van der Waals surface area contributed by atoms with E-state index in [1.165, 1.54) is 12.5 Å². The molecule has 0 aromatic carbocycles. The van der Waals surface area contributed by atoms with Crippen molar-refractivity contribution in [3.63, 3.8) is 0 Å². The zero-order chi connectivity index (χ0) is 20.6. The molecule has 9 nitrogen and oxygen atoms in total. The molecule has 9 heteroatoms. The lowest BCUT2D eigenvalue weighted by Gasteiger charge is -2.12. The molecular formula is C18H36O9. The Kier molecular flexibility index (Phi) is 24.8. The Morgan fingerprint density at radius 1 is 0.630 bits per heavy atom. The van der Waals surface area contributed by atoms with E-state index in [0.717, 1.165) is 0 Å². The molecule has 2 N–H and O–H groups in total. The summed E-state index contributed by atoms with van der Waals surface area (Å²) >= 11 is 0. The average molecular weight is 396 g/mol. The van der Waals surface area contributed by atoms with Crippen LogP contribution in [0.1, 0.15) is 27.7 Å². The summed E-state index contributed by atoms with van der Waals surface area (Å²) in [4.78, 5) is 0. The number of ether oxygens (including phenoxy) is 7. The van der Waals surface area contributed by atoms with Gasteiger partial charge in [0.25, 0.3) is 0 Å². The van der Waals surface area contributed by atoms with Crippen molar-refractivity contribution in [2.75, 3.05) is 66.1 Å². The number of rotatable bonds is 17. The third-order valence-corrected chi connectivity index (χ3v) is 2.31. The molecule has 27 heavy (non-hydrogen) atoms. The van der Waals surface area contributed by atoms with Gasteiger partial charge in [-0.2, -0.15) is 0 Å². The fourth-order valence-electron chi connectivity index (χ4n) is 1.31. The maximum Gasteiger partial charge on any atom is 0.323 e. The van der Waals surface area contributed by atoms with Gasteiger partial charge < -0.3 is 43.4 Å². The van der Waals surface area contributed by atoms with Crippen LogP contribution in [-0.2, 0) is 33.2 Å². The zero-order valence-corrected chi connectivity index (χ0v) is 17.0. The van der Waals surface area contributed by atoms with E-state index in [1.54, 1.807) is 0 Å². The molecule has 0 radical (unpaired) electrons. The minimum absolute atomic E-state index is 0.0417. The summed E-state index contributed by atoms with van der Waals surface area (Å²) in [7, 11) is 0. The summed E-state index contributed by atoms with van der Waals surface area (Å²) in [5, 5.41) is 16.5. The third kappa shape index (κ3) is 22.3. The molecule has 0 heterocycles. The van der Waals surface area contributed by atoms with Crippen molar-refractivity contribution in [3.8, 4) is 0 Å². The molecule has 0 rings (SSSR count). The van der Waals surface area contributed by atoms with Gasteiger partial charge in [-0.1, -0.05) is 0 Å². The van der Waals surface area contributed by atoms with Crippen molar-refractivity contribution in [1.29, 1.82) is 0 Å². The topological polar surface area (TPSA) is 105 Å². The SMILES string of the molecule is CCO/C=C(/OCC)O/C(=C\OCC)OCC.OCCOCCOCCO. The second-order valence-electron chi connectivity index (χ2n) is 4.42. The van der Waals surface area contributed by atoms with E-state index in [0.29, 0.717) is 52.9 Å². The van der Waals surface area contributed by atoms with E-state index < -0.39 is 0 Å². The lowest BCUT2D eigenvalue weighted by atomic mass is 10.7. The van der Waals surface area contributed by atoms with Gasteiger partial charge in [0.2, 0.25) is 0 Å². The summed E-state index contributed by atoms with van der Waals surface area (Å²) in [5.74, 6) is 0.488. The molecule has 0 aromatic rings. The van der Waals surface area contributed by atoms with Gasteiger partial charge in [0.1, 0.15) is 0 Å². The first-order chi connectivity index (χ1) is 13.2. The summed E-state index contributed by atoms with van der Waals surface area (Å²) in [6.45, 7) is 11.2. The van der Waals surface area contributed by atoms with Crippen LogP contribution in [0.15, 0.2) is 24.4 Å². The second kappa shape index (κ2) is 24.3. The molecule has 0 aliphatic carbocycles. The van der Waals surface area contributed by atoms with Gasteiger partial charge in [0.15, 0.2) is 12.5 Å². The highest BCUT2D eigenvalue weighted by molar-refractivity contribution is 4.86. The highest BCUT2D eigenvalue weighted by Gasteiger charge is 2.06. The number of aliphatic hydroxyl groups excluding tert-OH is 2. The molecule has 0 fully saturated rings. The second-order valence-corrected chi connectivity index (χ2v) is 4.42. The monoisotopic (exact) mass is 396 g/mol. The van der Waals surface area contributed by atoms with Crippen molar-refractivity contribution in [2.24, 2.45) is 0 Å². The predicted octanol–water partition coefficient (Wildman–Crippen LogP) is 1.75. The van der Waals surface area contributed by atoms with Crippen LogP contribution in [0, 0.1) is 0 Å². The smallest absolute Gasteiger partial charge is 0.323 e. The minimum atomic E-state index is 0.0417. The van der Waals surface area contributed by atoms with Crippen molar-refractivity contribution >= 4 is 0 Å². The van der Waals surface area contributed by atoms with Gasteiger partial charge in [0, 0.05) is 0 Å². The standard InChI is InChI=1S/C12H22O5.C6H14O4/c1-5-13-9-11(15-7-3)17-12(16-8-4)10-14-6-2;7-1-3-9-5-6-10-4-2-8/h9-10H,5-8H2,1-4H3;7-8H,1-6H2/b11-9-,12-10-;. The van der Waals surface area contributed by atoms with Crippen LogP contribution in [0.2, 0.25) is 0 Å². The molecule has 0 aliphatic rings. The van der Waals surface area contributed by atoms with Gasteiger partial charge in [-0.25, -0.2) is 0 Å². The largest absolute Gasteiger partial charge is 0.494 e. The Hall–Kier alpha value is -1.68. The fourth-order valence-corrected chi connectivity index (χ4v) is 1.31. The normalized spacial score (nSPS) is 11.3. The number of hydrogen-bond donors (Lipinski definition) is 2. The lowest BCUT2D eigenvalue weighted by Crippen LogP contribution is -2.09. The highest BCUT2D eigenvalue weighted by atomic mass is 16.8. The molecule has 0 amide bonds. The highest BCUT2D eigenvalue weighted by Crippen LogP contribution is 2.10. The number of hydrogen-bond acceptors (Lipinski definition) is 9. The van der Waals surface area contributed by atoms with Crippen LogP contribution in [0.3, 0.4) is 0 Å². The molecule has 0 spiro atoms. The van der Waals surface area contributed by atoms with E-state index in [1.807, 2.05) is 27.7 Å². The van der Waals surface area contributed by atoms with Crippen molar-refractivity contribution in [3.05, 3.63) is 24.4 Å². The number of aliphatic hydroxyl groups is 2. The van der Waals surface area contributed by atoms with Gasteiger partial charge >= 0.3 is 11.9 Å². The molecular weight excluding hydrogens is 360 g/mol. The first-order valence-corrected chi connectivity index (χ1v) is 9.14. The van der Waals surface area contributed by atoms with E-state index in [4.69, 9.17) is 43.4 Å². The van der Waals surface area contributed by atoms with Crippen LogP contribution in [0.5, 0.6) is 0 Å². The Balaban J connectivity index is 0. The molecule has 0 bridgehead atoms. The minimum Gasteiger partial charge on any atom is -0.494 e. The van der Waals surface area contributed by atoms with E-state index in [2.05, 4.69) is 0 Å². The lowest BCUT2D eigenvalue weighted by molar-refractivity contribution is -0.0153. The Labute approximate surface area is 162 Å². The molecule has 0 saturated heterocycles. The van der Waals surface area contributed by atoms with Crippen LogP contribution < -0.4 is 0 Å². The summed E-state index contributed by atoms with van der Waals surface area (Å²) in [5.41, 5.74) is 0. The first-order valence-electron chi connectivity index (χ1n) is 9.14. The van der Waals surface area contributed by atoms with Crippen molar-refractivity contribution in [2.45, 2.75) is 27.7 Å². The average Bonchev–Trinajstić information content (AvgIpc) is 2.67. The summed E-state index contributed by atoms with van der Waals surface area (Å²) < 4.78 is 35.8.